The van der Waals surface area contributed by atoms with Gasteiger partial charge in [0.2, 0.25) is 5.91 Å². The van der Waals surface area contributed by atoms with Gasteiger partial charge in [-0.1, -0.05) is 11.8 Å². The van der Waals surface area contributed by atoms with Gasteiger partial charge in [0.05, 0.1) is 27.8 Å². The molecule has 2 rings (SSSR count). The van der Waals surface area contributed by atoms with Gasteiger partial charge in [-0.15, -0.1) is 0 Å². The van der Waals surface area contributed by atoms with Crippen molar-refractivity contribution in [3.63, 3.8) is 0 Å². The first-order valence-corrected chi connectivity index (χ1v) is 10.1. The number of halogens is 3. The molecule has 0 bridgehead atoms. The number of carbonyl (C=O) groups excluding carboxylic acids is 1. The third-order valence-corrected chi connectivity index (χ3v) is 6.40. The molecule has 1 saturated heterocycles. The summed E-state index contributed by atoms with van der Waals surface area (Å²) in [5, 5.41) is 0.312. The van der Waals surface area contributed by atoms with E-state index in [2.05, 4.69) is 4.98 Å². The van der Waals surface area contributed by atoms with Crippen LogP contribution >= 0.6 is 11.8 Å². The van der Waals surface area contributed by atoms with Gasteiger partial charge >= 0.3 is 6.18 Å². The van der Waals surface area contributed by atoms with Crippen molar-refractivity contribution >= 4 is 27.5 Å². The largest absolute Gasteiger partial charge is 0.417 e. The standard InChI is InChI=1S/C14H17F3N2O3S2/c1-2-19(11-5-6-24(21,22)9-11)13(20)8-23-12-4-3-10(7-18-12)14(15,16)17/h3-4,7,11H,2,5-6,8-9H2,1H3. The summed E-state index contributed by atoms with van der Waals surface area (Å²) in [4.78, 5) is 17.5. The van der Waals surface area contributed by atoms with Crippen LogP contribution in [0.2, 0.25) is 0 Å². The Kier molecular flexibility index (Phi) is 5.79. The predicted molar refractivity (Wildman–Crippen MR) is 84.4 cm³/mol. The van der Waals surface area contributed by atoms with Crippen LogP contribution in [0.1, 0.15) is 18.9 Å². The highest BCUT2D eigenvalue weighted by molar-refractivity contribution is 7.99. The van der Waals surface area contributed by atoms with Crippen molar-refractivity contribution < 1.29 is 26.4 Å². The van der Waals surface area contributed by atoms with E-state index in [0.29, 0.717) is 18.0 Å². The Morgan fingerprint density at radius 3 is 2.58 bits per heavy atom. The molecule has 0 N–H and O–H groups in total. The fraction of sp³-hybridized carbons (Fsp3) is 0.571. The zero-order valence-corrected chi connectivity index (χ0v) is 14.5. The molecule has 0 aliphatic carbocycles. The van der Waals surface area contributed by atoms with Gasteiger partial charge in [0.1, 0.15) is 0 Å². The van der Waals surface area contributed by atoms with E-state index in [1.165, 1.54) is 11.0 Å². The third kappa shape index (κ3) is 4.85. The number of carbonyl (C=O) groups is 1. The Morgan fingerprint density at radius 1 is 1.42 bits per heavy atom. The van der Waals surface area contributed by atoms with E-state index in [0.717, 1.165) is 24.0 Å². The minimum atomic E-state index is -4.45. The third-order valence-electron chi connectivity index (χ3n) is 3.72. The van der Waals surface area contributed by atoms with Crippen molar-refractivity contribution in [3.05, 3.63) is 23.9 Å². The highest BCUT2D eigenvalue weighted by atomic mass is 32.2. The van der Waals surface area contributed by atoms with Crippen molar-refractivity contribution in [2.45, 2.75) is 30.6 Å². The molecule has 1 fully saturated rings. The van der Waals surface area contributed by atoms with E-state index in [1.54, 1.807) is 6.92 Å². The molecular formula is C14H17F3N2O3S2. The number of hydrogen-bond donors (Lipinski definition) is 0. The second-order valence-corrected chi connectivity index (χ2v) is 8.63. The topological polar surface area (TPSA) is 67.3 Å². The summed E-state index contributed by atoms with van der Waals surface area (Å²) in [6, 6.07) is 1.81. The number of pyridine rings is 1. The van der Waals surface area contributed by atoms with E-state index in [9.17, 15) is 26.4 Å². The van der Waals surface area contributed by atoms with Crippen LogP contribution in [0.3, 0.4) is 0 Å². The van der Waals surface area contributed by atoms with Crippen LogP contribution in [-0.4, -0.2) is 54.1 Å². The summed E-state index contributed by atoms with van der Waals surface area (Å²) >= 11 is 1.03. The molecule has 1 amide bonds. The fourth-order valence-electron chi connectivity index (χ4n) is 2.51. The molecule has 0 radical (unpaired) electrons. The Labute approximate surface area is 142 Å². The SMILES string of the molecule is CCN(C(=O)CSc1ccc(C(F)(F)F)cn1)C1CCS(=O)(=O)C1. The molecule has 0 saturated carbocycles. The normalized spacial score (nSPS) is 20.1. The highest BCUT2D eigenvalue weighted by Crippen LogP contribution is 2.29. The first kappa shape index (κ1) is 19.0. The Bertz CT molecular complexity index is 690. The molecule has 1 aliphatic rings. The molecule has 0 spiro atoms. The van der Waals surface area contributed by atoms with Gasteiger partial charge in [-0.3, -0.25) is 4.79 Å². The highest BCUT2D eigenvalue weighted by Gasteiger charge is 2.34. The monoisotopic (exact) mass is 382 g/mol. The van der Waals surface area contributed by atoms with Crippen molar-refractivity contribution in [3.8, 4) is 0 Å². The number of hydrogen-bond acceptors (Lipinski definition) is 5. The second-order valence-electron chi connectivity index (χ2n) is 5.41. The number of nitrogens with zero attached hydrogens (tertiary/aromatic N) is 2. The van der Waals surface area contributed by atoms with Gasteiger partial charge in [0.15, 0.2) is 9.84 Å². The van der Waals surface area contributed by atoms with Crippen LogP contribution in [0.5, 0.6) is 0 Å². The molecule has 0 aromatic carbocycles. The summed E-state index contributed by atoms with van der Waals surface area (Å²) in [6.07, 6.45) is -3.29. The molecular weight excluding hydrogens is 365 g/mol. The van der Waals surface area contributed by atoms with Gasteiger partial charge in [-0.25, -0.2) is 13.4 Å². The summed E-state index contributed by atoms with van der Waals surface area (Å²) < 4.78 is 60.5. The molecule has 10 heteroatoms. The van der Waals surface area contributed by atoms with Crippen molar-refractivity contribution in [1.29, 1.82) is 0 Å². The van der Waals surface area contributed by atoms with Crippen molar-refractivity contribution in [1.82, 2.24) is 9.88 Å². The lowest BCUT2D eigenvalue weighted by atomic mass is 10.2. The summed E-state index contributed by atoms with van der Waals surface area (Å²) in [6.45, 7) is 2.16. The van der Waals surface area contributed by atoms with Crippen molar-refractivity contribution in [2.24, 2.45) is 0 Å². The van der Waals surface area contributed by atoms with Gasteiger partial charge in [-0.2, -0.15) is 13.2 Å². The average Bonchev–Trinajstić information content (AvgIpc) is 2.85. The van der Waals surface area contributed by atoms with E-state index in [4.69, 9.17) is 0 Å². The van der Waals surface area contributed by atoms with Crippen LogP contribution in [-0.2, 0) is 20.8 Å². The molecule has 2 heterocycles. The summed E-state index contributed by atoms with van der Waals surface area (Å²) in [5.74, 6) is -0.195. The molecule has 134 valence electrons. The lowest BCUT2D eigenvalue weighted by Gasteiger charge is -2.26. The van der Waals surface area contributed by atoms with Crippen LogP contribution in [0.4, 0.5) is 13.2 Å². The number of thioether (sulfide) groups is 1. The fourth-order valence-corrected chi connectivity index (χ4v) is 4.97. The molecule has 24 heavy (non-hydrogen) atoms. The van der Waals surface area contributed by atoms with Crippen LogP contribution in [0.25, 0.3) is 0 Å². The molecule has 1 atom stereocenters. The zero-order valence-electron chi connectivity index (χ0n) is 12.9. The molecule has 5 nitrogen and oxygen atoms in total. The van der Waals surface area contributed by atoms with E-state index in [-0.39, 0.29) is 29.2 Å². The van der Waals surface area contributed by atoms with Crippen molar-refractivity contribution in [2.75, 3.05) is 23.8 Å². The predicted octanol–water partition coefficient (Wildman–Crippen LogP) is 2.23. The average molecular weight is 382 g/mol. The first-order chi connectivity index (χ1) is 11.1. The Balaban J connectivity index is 1.94. The quantitative estimate of drug-likeness (QED) is 0.731. The molecule has 1 aromatic rings. The maximum absolute atomic E-state index is 12.5. The van der Waals surface area contributed by atoms with E-state index in [1.807, 2.05) is 0 Å². The first-order valence-electron chi connectivity index (χ1n) is 7.28. The lowest BCUT2D eigenvalue weighted by molar-refractivity contribution is -0.138. The van der Waals surface area contributed by atoms with Gasteiger partial charge < -0.3 is 4.90 Å². The zero-order chi connectivity index (χ0) is 18.0. The number of rotatable bonds is 5. The minimum Gasteiger partial charge on any atom is -0.338 e. The van der Waals surface area contributed by atoms with Crippen LogP contribution < -0.4 is 0 Å². The van der Waals surface area contributed by atoms with Gasteiger partial charge in [0.25, 0.3) is 0 Å². The Morgan fingerprint density at radius 2 is 2.12 bits per heavy atom. The maximum Gasteiger partial charge on any atom is 0.417 e. The van der Waals surface area contributed by atoms with Gasteiger partial charge in [-0.05, 0) is 25.5 Å². The summed E-state index contributed by atoms with van der Waals surface area (Å²) in [7, 11) is -3.09. The van der Waals surface area contributed by atoms with Crippen LogP contribution in [0.15, 0.2) is 23.4 Å². The molecule has 1 aliphatic heterocycles. The summed E-state index contributed by atoms with van der Waals surface area (Å²) in [5.41, 5.74) is -0.843. The second kappa shape index (κ2) is 7.30. The van der Waals surface area contributed by atoms with E-state index >= 15 is 0 Å². The number of alkyl halides is 3. The minimum absolute atomic E-state index is 0.00273. The lowest BCUT2D eigenvalue weighted by Crippen LogP contribution is -2.41. The molecule has 1 aromatic heterocycles. The number of aromatic nitrogens is 1. The number of sulfone groups is 1. The molecule has 1 unspecified atom stereocenters. The maximum atomic E-state index is 12.5. The van der Waals surface area contributed by atoms with Gasteiger partial charge in [0, 0.05) is 18.8 Å². The number of amides is 1. The smallest absolute Gasteiger partial charge is 0.338 e. The Hall–Kier alpha value is -1.29. The van der Waals surface area contributed by atoms with Crippen LogP contribution in [0, 0.1) is 0 Å². The van der Waals surface area contributed by atoms with E-state index < -0.39 is 21.6 Å².